The van der Waals surface area contributed by atoms with Crippen LogP contribution in [0.5, 0.6) is 5.75 Å². The van der Waals surface area contributed by atoms with Gasteiger partial charge in [0.1, 0.15) is 12.4 Å². The van der Waals surface area contributed by atoms with Gasteiger partial charge in [-0.25, -0.2) is 4.79 Å². The zero-order valence-electron chi connectivity index (χ0n) is 27.3. The molecule has 7 nitrogen and oxygen atoms in total. The monoisotopic (exact) mass is 653 g/mol. The lowest BCUT2D eigenvalue weighted by Crippen LogP contribution is -2.43. The molecule has 0 aliphatic heterocycles. The van der Waals surface area contributed by atoms with Crippen molar-refractivity contribution in [2.24, 2.45) is 0 Å². The van der Waals surface area contributed by atoms with Crippen LogP contribution in [0.3, 0.4) is 0 Å². The van der Waals surface area contributed by atoms with Crippen LogP contribution < -0.4 is 9.74 Å². The van der Waals surface area contributed by atoms with E-state index in [1.54, 1.807) is 13.8 Å². The van der Waals surface area contributed by atoms with Gasteiger partial charge >= 0.3 is 13.7 Å². The first-order chi connectivity index (χ1) is 21.3. The molecule has 0 radical (unpaired) electrons. The molecule has 0 unspecified atom stereocenters. The molecule has 1 aliphatic carbocycles. The van der Waals surface area contributed by atoms with Crippen molar-refractivity contribution in [3.63, 3.8) is 0 Å². The summed E-state index contributed by atoms with van der Waals surface area (Å²) in [5.41, 5.74) is 4.16. The molecular weight excluding hydrogens is 608 g/mol. The minimum atomic E-state index is -4.18. The average Bonchev–Trinajstić information content (AvgIpc) is 3.30. The van der Waals surface area contributed by atoms with Crippen molar-refractivity contribution < 1.29 is 32.0 Å². The molecule has 1 N–H and O–H groups in total. The molecule has 0 heterocycles. The van der Waals surface area contributed by atoms with Gasteiger partial charge in [-0.1, -0.05) is 81.4 Å². The molecule has 4 rings (SSSR count). The predicted molar refractivity (Wildman–Crippen MR) is 180 cm³/mol. The number of carbonyl (C=O) groups excluding carboxylic acids is 1. The van der Waals surface area contributed by atoms with Crippen LogP contribution in [-0.2, 0) is 24.8 Å². The maximum atomic E-state index is 15.5. The van der Waals surface area contributed by atoms with E-state index in [9.17, 15) is 9.36 Å². The Balaban J connectivity index is 1.53. The minimum absolute atomic E-state index is 0.00129. The summed E-state index contributed by atoms with van der Waals surface area (Å²) in [7, 11) is -6.21. The van der Waals surface area contributed by atoms with E-state index in [-0.39, 0.29) is 37.2 Å². The van der Waals surface area contributed by atoms with E-state index in [2.05, 4.69) is 51.3 Å². The lowest BCUT2D eigenvalue weighted by atomic mass is 9.98. The number of rotatable bonds is 13. The van der Waals surface area contributed by atoms with E-state index >= 15 is 4.39 Å². The van der Waals surface area contributed by atoms with Crippen molar-refractivity contribution in [1.29, 1.82) is 0 Å². The molecule has 0 saturated carbocycles. The Morgan fingerprint density at radius 2 is 1.47 bits per heavy atom. The molecule has 0 bridgehead atoms. The van der Waals surface area contributed by atoms with Crippen LogP contribution in [0.1, 0.15) is 57.2 Å². The van der Waals surface area contributed by atoms with Gasteiger partial charge in [0.25, 0.3) is 0 Å². The lowest BCUT2D eigenvalue weighted by Gasteiger charge is -2.36. The summed E-state index contributed by atoms with van der Waals surface area (Å²) in [5, 5.41) is 2.81. The highest BCUT2D eigenvalue weighted by Crippen LogP contribution is 2.56. The van der Waals surface area contributed by atoms with Crippen LogP contribution in [-0.4, -0.2) is 40.3 Å². The first kappa shape index (κ1) is 34.6. The molecule has 10 heteroatoms. The van der Waals surface area contributed by atoms with Crippen LogP contribution in [0, 0.1) is 0 Å². The lowest BCUT2D eigenvalue weighted by molar-refractivity contribution is 0.140. The maximum Gasteiger partial charge on any atom is 0.407 e. The topological polar surface area (TPSA) is 83.1 Å². The Morgan fingerprint density at radius 3 is 1.98 bits per heavy atom. The SMILES string of the molecule is CCOP(=O)(OCC)C(F)=C[C@@H](Cc1ccc(O[Si](C)(C)C(C)(C)C)cc1)NC(=O)OCC1c2ccccc2-c2ccccc21. The largest absolute Gasteiger partial charge is 0.544 e. The highest BCUT2D eigenvalue weighted by Gasteiger charge is 2.39. The minimum Gasteiger partial charge on any atom is -0.544 e. The number of hydrogen-bond donors (Lipinski definition) is 1. The highest BCUT2D eigenvalue weighted by atomic mass is 31.2. The molecule has 0 saturated heterocycles. The molecule has 0 aromatic heterocycles. The van der Waals surface area contributed by atoms with Gasteiger partial charge in [-0.15, -0.1) is 0 Å². The highest BCUT2D eigenvalue weighted by molar-refractivity contribution is 7.58. The zero-order valence-corrected chi connectivity index (χ0v) is 29.2. The molecule has 1 atom stereocenters. The third-order valence-corrected chi connectivity index (χ3v) is 14.6. The van der Waals surface area contributed by atoms with Crippen LogP contribution >= 0.6 is 7.60 Å². The van der Waals surface area contributed by atoms with Gasteiger partial charge in [0.2, 0.25) is 13.9 Å². The second kappa shape index (κ2) is 14.5. The standard InChI is InChI=1S/C35H45FNO6PSi/c1-8-41-44(39,42-9-2)33(36)23-26(22-25-18-20-27(21-19-25)43-45(6,7)35(3,4)5)37-34(38)40-24-32-30-16-12-10-14-28(30)29-15-11-13-17-31(29)32/h10-21,23,26,32H,8-9,22,24H2,1-7H3,(H,37,38)/t26-/m1/s1. The number of amides is 1. The van der Waals surface area contributed by atoms with Crippen molar-refractivity contribution in [2.75, 3.05) is 19.8 Å². The summed E-state index contributed by atoms with van der Waals surface area (Å²) in [6.45, 7) is 14.2. The van der Waals surface area contributed by atoms with E-state index in [1.165, 1.54) is 0 Å². The van der Waals surface area contributed by atoms with E-state index in [0.717, 1.165) is 39.6 Å². The second-order valence-electron chi connectivity index (χ2n) is 12.6. The number of ether oxygens (including phenoxy) is 1. The molecule has 45 heavy (non-hydrogen) atoms. The van der Waals surface area contributed by atoms with Gasteiger partial charge in [0, 0.05) is 5.92 Å². The number of hydrogen-bond acceptors (Lipinski definition) is 6. The smallest absolute Gasteiger partial charge is 0.407 e. The van der Waals surface area contributed by atoms with Gasteiger partial charge < -0.3 is 23.5 Å². The van der Waals surface area contributed by atoms with Crippen molar-refractivity contribution in [1.82, 2.24) is 5.32 Å². The Morgan fingerprint density at radius 1 is 0.933 bits per heavy atom. The van der Waals surface area contributed by atoms with Crippen molar-refractivity contribution >= 4 is 22.0 Å². The van der Waals surface area contributed by atoms with Crippen molar-refractivity contribution in [3.8, 4) is 16.9 Å². The second-order valence-corrected chi connectivity index (χ2v) is 19.3. The number of halogens is 1. The average molecular weight is 654 g/mol. The third kappa shape index (κ3) is 8.33. The van der Waals surface area contributed by atoms with Gasteiger partial charge in [-0.3, -0.25) is 4.57 Å². The van der Waals surface area contributed by atoms with E-state index in [0.29, 0.717) is 0 Å². The fourth-order valence-electron chi connectivity index (χ4n) is 5.10. The Bertz CT molecular complexity index is 1500. The fraction of sp³-hybridized carbons (Fsp3) is 0.400. The molecule has 3 aromatic rings. The maximum absolute atomic E-state index is 15.5. The summed E-state index contributed by atoms with van der Waals surface area (Å²) in [6.07, 6.45) is 0.579. The van der Waals surface area contributed by atoms with Crippen LogP contribution in [0.25, 0.3) is 11.1 Å². The van der Waals surface area contributed by atoms with Crippen molar-refractivity contribution in [3.05, 3.63) is 101 Å². The molecular formula is C35H45FNO6PSi. The Kier molecular flexibility index (Phi) is 11.1. The van der Waals surface area contributed by atoms with Gasteiger partial charge in [-0.05, 0) is 84.4 Å². The summed E-state index contributed by atoms with van der Waals surface area (Å²) in [5.74, 6) is 0.628. The number of alkyl carbamates (subject to hydrolysis) is 1. The molecule has 242 valence electrons. The molecule has 1 aliphatic rings. The quantitative estimate of drug-likeness (QED) is 0.146. The number of nitrogens with one attached hydrogen (secondary N) is 1. The van der Waals surface area contributed by atoms with Gasteiger partial charge in [0.15, 0.2) is 0 Å². The molecule has 1 amide bonds. The van der Waals surface area contributed by atoms with Crippen LogP contribution in [0.4, 0.5) is 9.18 Å². The number of benzene rings is 3. The first-order valence-electron chi connectivity index (χ1n) is 15.4. The number of carbonyl (C=O) groups is 1. The number of fused-ring (bicyclic) bond motifs is 3. The summed E-state index contributed by atoms with van der Waals surface area (Å²) < 4.78 is 51.1. The van der Waals surface area contributed by atoms with E-state index < -0.39 is 33.6 Å². The normalized spacial score (nSPS) is 14.4. The Hall–Kier alpha value is -3.23. The third-order valence-electron chi connectivity index (χ3n) is 8.40. The first-order valence-corrected chi connectivity index (χ1v) is 19.9. The zero-order chi connectivity index (χ0) is 32.8. The van der Waals surface area contributed by atoms with Gasteiger partial charge in [-0.2, -0.15) is 4.39 Å². The predicted octanol–water partition coefficient (Wildman–Crippen LogP) is 9.60. The molecule has 0 spiro atoms. The molecule has 0 fully saturated rings. The summed E-state index contributed by atoms with van der Waals surface area (Å²) >= 11 is 0. The van der Waals surface area contributed by atoms with E-state index in [4.69, 9.17) is 18.2 Å². The van der Waals surface area contributed by atoms with Crippen LogP contribution in [0.15, 0.2) is 84.4 Å². The summed E-state index contributed by atoms with van der Waals surface area (Å²) in [6, 6.07) is 22.8. The van der Waals surface area contributed by atoms with Gasteiger partial charge in [0.05, 0.1) is 19.3 Å². The van der Waals surface area contributed by atoms with Crippen molar-refractivity contribution in [2.45, 2.75) is 71.1 Å². The fourth-order valence-corrected chi connectivity index (χ4v) is 7.49. The Labute approximate surface area is 267 Å². The summed E-state index contributed by atoms with van der Waals surface area (Å²) in [4.78, 5) is 13.2. The van der Waals surface area contributed by atoms with E-state index in [1.807, 2.05) is 60.7 Å². The molecule has 3 aromatic carbocycles. The van der Waals surface area contributed by atoms with Crippen LogP contribution in [0.2, 0.25) is 18.1 Å².